The highest BCUT2D eigenvalue weighted by Gasteiger charge is 2.35. The summed E-state index contributed by atoms with van der Waals surface area (Å²) >= 11 is 0. The third-order valence-electron chi connectivity index (χ3n) is 7.19. The molecule has 7 nitrogen and oxygen atoms in total. The summed E-state index contributed by atoms with van der Waals surface area (Å²) in [7, 11) is 0. The molecule has 35 heavy (non-hydrogen) atoms. The predicted molar refractivity (Wildman–Crippen MR) is 133 cm³/mol. The van der Waals surface area contributed by atoms with Crippen molar-refractivity contribution >= 4 is 18.0 Å². The van der Waals surface area contributed by atoms with Crippen molar-refractivity contribution in [3.05, 3.63) is 59.7 Å². The fraction of sp³-hybridized carbons (Fsp3) is 0.464. The molecule has 1 aliphatic carbocycles. The number of alkyl carbamates (subject to hydrolysis) is 1. The minimum Gasteiger partial charge on any atom is -0.480 e. The van der Waals surface area contributed by atoms with Crippen LogP contribution in [0, 0.1) is 5.92 Å². The SMILES string of the molecule is CCCC(CC(=O)N1CCC(C)CC1C(=O)O)NC(=O)OCC1c2ccccc2-c2ccccc21. The number of rotatable bonds is 8. The highest BCUT2D eigenvalue weighted by molar-refractivity contribution is 5.84. The van der Waals surface area contributed by atoms with E-state index in [0.29, 0.717) is 19.4 Å². The molecule has 3 unspecified atom stereocenters. The molecular weight excluding hydrogens is 444 g/mol. The first-order chi connectivity index (χ1) is 16.9. The molecule has 1 aliphatic heterocycles. The van der Waals surface area contributed by atoms with Gasteiger partial charge in [-0.25, -0.2) is 9.59 Å². The largest absolute Gasteiger partial charge is 0.480 e. The Balaban J connectivity index is 1.37. The summed E-state index contributed by atoms with van der Waals surface area (Å²) in [6, 6.07) is 15.1. The fourth-order valence-corrected chi connectivity index (χ4v) is 5.38. The van der Waals surface area contributed by atoms with Crippen LogP contribution in [0.3, 0.4) is 0 Å². The van der Waals surface area contributed by atoms with E-state index in [-0.39, 0.29) is 30.8 Å². The van der Waals surface area contributed by atoms with Gasteiger partial charge in [0.25, 0.3) is 0 Å². The van der Waals surface area contributed by atoms with Crippen LogP contribution in [0.1, 0.15) is 63.0 Å². The molecule has 2 aromatic rings. The first-order valence-electron chi connectivity index (χ1n) is 12.5. The quantitative estimate of drug-likeness (QED) is 0.568. The lowest BCUT2D eigenvalue weighted by Gasteiger charge is -2.36. The highest BCUT2D eigenvalue weighted by Crippen LogP contribution is 2.44. The van der Waals surface area contributed by atoms with E-state index in [2.05, 4.69) is 29.6 Å². The van der Waals surface area contributed by atoms with E-state index in [1.165, 1.54) is 4.90 Å². The molecule has 0 radical (unpaired) electrons. The lowest BCUT2D eigenvalue weighted by Crippen LogP contribution is -2.51. The van der Waals surface area contributed by atoms with Gasteiger partial charge in [-0.15, -0.1) is 0 Å². The second kappa shape index (κ2) is 10.9. The number of aliphatic carboxylic acids is 1. The maximum absolute atomic E-state index is 13.0. The Bertz CT molecular complexity index is 1040. The van der Waals surface area contributed by atoms with Gasteiger partial charge in [0.1, 0.15) is 12.6 Å². The number of nitrogens with one attached hydrogen (secondary N) is 1. The normalized spacial score (nSPS) is 20.0. The summed E-state index contributed by atoms with van der Waals surface area (Å²) < 4.78 is 5.65. The third kappa shape index (κ3) is 5.50. The molecule has 7 heteroatoms. The van der Waals surface area contributed by atoms with Gasteiger partial charge in [0.2, 0.25) is 5.91 Å². The third-order valence-corrected chi connectivity index (χ3v) is 7.19. The zero-order chi connectivity index (χ0) is 24.9. The average molecular weight is 479 g/mol. The summed E-state index contributed by atoms with van der Waals surface area (Å²) in [6.07, 6.45) is 2.14. The molecule has 3 atom stereocenters. The Morgan fingerprint density at radius 1 is 1.09 bits per heavy atom. The molecule has 0 bridgehead atoms. The van der Waals surface area contributed by atoms with Crippen molar-refractivity contribution in [3.8, 4) is 11.1 Å². The van der Waals surface area contributed by atoms with Crippen LogP contribution in [-0.2, 0) is 14.3 Å². The molecule has 186 valence electrons. The Morgan fingerprint density at radius 2 is 1.71 bits per heavy atom. The summed E-state index contributed by atoms with van der Waals surface area (Å²) in [4.78, 5) is 38.9. The number of benzene rings is 2. The van der Waals surface area contributed by atoms with E-state index < -0.39 is 24.1 Å². The summed E-state index contributed by atoms with van der Waals surface area (Å²) in [5.41, 5.74) is 4.60. The number of carbonyl (C=O) groups is 3. The van der Waals surface area contributed by atoms with Gasteiger partial charge < -0.3 is 20.1 Å². The van der Waals surface area contributed by atoms with E-state index in [9.17, 15) is 19.5 Å². The van der Waals surface area contributed by atoms with Gasteiger partial charge in [-0.1, -0.05) is 68.8 Å². The number of nitrogens with zero attached hydrogens (tertiary/aromatic N) is 1. The van der Waals surface area contributed by atoms with Gasteiger partial charge in [-0.3, -0.25) is 4.79 Å². The van der Waals surface area contributed by atoms with Crippen molar-refractivity contribution in [2.75, 3.05) is 13.2 Å². The van der Waals surface area contributed by atoms with E-state index in [0.717, 1.165) is 35.1 Å². The van der Waals surface area contributed by atoms with Crippen LogP contribution in [0.2, 0.25) is 0 Å². The monoisotopic (exact) mass is 478 g/mol. The van der Waals surface area contributed by atoms with E-state index in [4.69, 9.17) is 4.74 Å². The van der Waals surface area contributed by atoms with Gasteiger partial charge in [0, 0.05) is 24.9 Å². The molecule has 1 heterocycles. The number of fused-ring (bicyclic) bond motifs is 3. The molecule has 2 N–H and O–H groups in total. The lowest BCUT2D eigenvalue weighted by atomic mass is 9.92. The molecule has 4 rings (SSSR count). The number of piperidine rings is 1. The Morgan fingerprint density at radius 3 is 2.31 bits per heavy atom. The second-order valence-electron chi connectivity index (χ2n) is 9.73. The average Bonchev–Trinajstić information content (AvgIpc) is 3.16. The number of carbonyl (C=O) groups excluding carboxylic acids is 2. The predicted octanol–water partition coefficient (Wildman–Crippen LogP) is 4.80. The second-order valence-corrected chi connectivity index (χ2v) is 9.73. The maximum Gasteiger partial charge on any atom is 0.407 e. The standard InChI is InChI=1S/C28H34N2O5/c1-3-8-19(16-26(31)30-14-13-18(2)15-25(30)27(32)33)29-28(34)35-17-24-22-11-6-4-9-20(22)21-10-5-7-12-23(21)24/h4-7,9-12,18-19,24-25H,3,8,13-17H2,1-2H3,(H,29,34)(H,32,33). The minimum atomic E-state index is -0.971. The Labute approximate surface area is 206 Å². The summed E-state index contributed by atoms with van der Waals surface area (Å²) in [5, 5.41) is 12.4. The van der Waals surface area contributed by atoms with Crippen molar-refractivity contribution < 1.29 is 24.2 Å². The number of carboxylic acids is 1. The molecule has 0 aromatic heterocycles. The van der Waals surface area contributed by atoms with Crippen LogP contribution in [0.5, 0.6) is 0 Å². The fourth-order valence-electron chi connectivity index (χ4n) is 5.38. The smallest absolute Gasteiger partial charge is 0.407 e. The maximum atomic E-state index is 13.0. The first kappa shape index (κ1) is 24.8. The molecule has 2 amide bonds. The Hall–Kier alpha value is -3.35. The van der Waals surface area contributed by atoms with Crippen LogP contribution in [0.15, 0.2) is 48.5 Å². The lowest BCUT2D eigenvalue weighted by molar-refractivity contribution is -0.153. The van der Waals surface area contributed by atoms with Gasteiger partial charge in [-0.2, -0.15) is 0 Å². The number of ether oxygens (including phenoxy) is 1. The zero-order valence-corrected chi connectivity index (χ0v) is 20.4. The van der Waals surface area contributed by atoms with Crippen LogP contribution in [0.4, 0.5) is 4.79 Å². The van der Waals surface area contributed by atoms with E-state index >= 15 is 0 Å². The van der Waals surface area contributed by atoms with Gasteiger partial charge >= 0.3 is 12.1 Å². The first-order valence-corrected chi connectivity index (χ1v) is 12.5. The van der Waals surface area contributed by atoms with E-state index in [1.54, 1.807) is 0 Å². The molecule has 0 spiro atoms. The van der Waals surface area contributed by atoms with Crippen molar-refractivity contribution in [1.29, 1.82) is 0 Å². The minimum absolute atomic E-state index is 0.0360. The van der Waals surface area contributed by atoms with E-state index in [1.807, 2.05) is 38.1 Å². The summed E-state index contributed by atoms with van der Waals surface area (Å²) in [5.74, 6) is -0.972. The molecular formula is C28H34N2O5. The van der Waals surface area contributed by atoms with Crippen molar-refractivity contribution in [2.45, 2.75) is 64.0 Å². The van der Waals surface area contributed by atoms with Crippen LogP contribution in [-0.4, -0.2) is 53.2 Å². The van der Waals surface area contributed by atoms with Crippen LogP contribution >= 0.6 is 0 Å². The topological polar surface area (TPSA) is 95.9 Å². The molecule has 0 saturated carbocycles. The number of likely N-dealkylation sites (tertiary alicyclic amines) is 1. The molecule has 1 saturated heterocycles. The number of carboxylic acid groups (broad SMARTS) is 1. The number of amides is 2. The van der Waals surface area contributed by atoms with Crippen molar-refractivity contribution in [2.24, 2.45) is 5.92 Å². The number of hydrogen-bond acceptors (Lipinski definition) is 4. The van der Waals surface area contributed by atoms with Gasteiger partial charge in [0.15, 0.2) is 0 Å². The highest BCUT2D eigenvalue weighted by atomic mass is 16.5. The molecule has 2 aromatic carbocycles. The number of hydrogen-bond donors (Lipinski definition) is 2. The summed E-state index contributed by atoms with van der Waals surface area (Å²) in [6.45, 7) is 4.63. The van der Waals surface area contributed by atoms with Crippen LogP contribution < -0.4 is 5.32 Å². The Kier molecular flexibility index (Phi) is 7.73. The zero-order valence-electron chi connectivity index (χ0n) is 20.4. The van der Waals surface area contributed by atoms with Crippen molar-refractivity contribution in [3.63, 3.8) is 0 Å². The van der Waals surface area contributed by atoms with Crippen molar-refractivity contribution in [1.82, 2.24) is 10.2 Å². The molecule has 1 fully saturated rings. The molecule has 2 aliphatic rings. The van der Waals surface area contributed by atoms with Gasteiger partial charge in [0.05, 0.1) is 0 Å². The van der Waals surface area contributed by atoms with Gasteiger partial charge in [-0.05, 0) is 47.4 Å². The van der Waals surface area contributed by atoms with Crippen LogP contribution in [0.25, 0.3) is 11.1 Å².